The number of benzene rings is 2. The molecule has 1 N–H and O–H groups in total. The van der Waals surface area contributed by atoms with Gasteiger partial charge in [0.2, 0.25) is 11.8 Å². The monoisotopic (exact) mass is 544 g/mol. The van der Waals surface area contributed by atoms with Crippen LogP contribution in [-0.4, -0.2) is 91.9 Å². The second-order valence-electron chi connectivity index (χ2n) is 10.6. The van der Waals surface area contributed by atoms with E-state index in [9.17, 15) is 9.59 Å². The topological polar surface area (TPSA) is 100 Å². The first-order valence-electron chi connectivity index (χ1n) is 14.2. The molecule has 40 heavy (non-hydrogen) atoms. The Morgan fingerprint density at radius 3 is 2.12 bits per heavy atom. The zero-order valence-corrected chi connectivity index (χ0v) is 22.9. The molecule has 3 aliphatic rings. The van der Waals surface area contributed by atoms with E-state index >= 15 is 0 Å². The Hall–Kier alpha value is -3.76. The lowest BCUT2D eigenvalue weighted by molar-refractivity contribution is -0.137. The number of likely N-dealkylation sites (tertiary alicyclic amines) is 1. The molecule has 0 radical (unpaired) electrons. The Balaban J connectivity index is 1.23. The van der Waals surface area contributed by atoms with Crippen molar-refractivity contribution in [2.45, 2.75) is 31.7 Å². The number of rotatable bonds is 6. The van der Waals surface area contributed by atoms with Crippen molar-refractivity contribution in [3.05, 3.63) is 54.1 Å². The maximum absolute atomic E-state index is 13.4. The van der Waals surface area contributed by atoms with Crippen molar-refractivity contribution in [3.8, 4) is 0 Å². The largest absolute Gasteiger partial charge is 0.378 e. The summed E-state index contributed by atoms with van der Waals surface area (Å²) < 4.78 is 11.1. The highest BCUT2D eigenvalue weighted by molar-refractivity contribution is 5.99. The van der Waals surface area contributed by atoms with Gasteiger partial charge in [0.1, 0.15) is 6.04 Å². The molecule has 0 bridgehead atoms. The summed E-state index contributed by atoms with van der Waals surface area (Å²) in [5, 5.41) is 3.06. The normalized spacial score (nSPS) is 20.5. The molecule has 2 amide bonds. The molecule has 0 saturated carbocycles. The van der Waals surface area contributed by atoms with Crippen LogP contribution in [0.3, 0.4) is 0 Å². The number of morpholine rings is 2. The van der Waals surface area contributed by atoms with Crippen molar-refractivity contribution in [2.75, 3.05) is 74.3 Å². The first-order chi connectivity index (χ1) is 19.6. The highest BCUT2D eigenvalue weighted by Crippen LogP contribution is 2.31. The predicted molar refractivity (Wildman–Crippen MR) is 154 cm³/mol. The van der Waals surface area contributed by atoms with E-state index in [-0.39, 0.29) is 17.7 Å². The third kappa shape index (κ3) is 5.46. The SMILES string of the molecule is C[C@H](C(=O)N1CCC[C@H]1C(=O)Nc1ccc2nc(N3CCOCC3)c(N3CCOCC3)nc2c1)c1ccccc1. The van der Waals surface area contributed by atoms with Gasteiger partial charge in [-0.2, -0.15) is 0 Å². The lowest BCUT2D eigenvalue weighted by Crippen LogP contribution is -2.44. The van der Waals surface area contributed by atoms with Crippen LogP contribution < -0.4 is 15.1 Å². The smallest absolute Gasteiger partial charge is 0.247 e. The summed E-state index contributed by atoms with van der Waals surface area (Å²) in [6, 6.07) is 14.9. The molecule has 6 rings (SSSR count). The quantitative estimate of drug-likeness (QED) is 0.506. The minimum Gasteiger partial charge on any atom is -0.378 e. The minimum absolute atomic E-state index is 0.0148. The number of carbonyl (C=O) groups is 2. The zero-order valence-electron chi connectivity index (χ0n) is 22.9. The van der Waals surface area contributed by atoms with Crippen LogP contribution in [0.5, 0.6) is 0 Å². The number of nitrogens with one attached hydrogen (secondary N) is 1. The Morgan fingerprint density at radius 2 is 1.48 bits per heavy atom. The molecule has 0 spiro atoms. The molecule has 3 aliphatic heterocycles. The van der Waals surface area contributed by atoms with Crippen molar-refractivity contribution in [2.24, 2.45) is 0 Å². The van der Waals surface area contributed by atoms with Gasteiger partial charge in [-0.1, -0.05) is 30.3 Å². The molecule has 1 aromatic heterocycles. The van der Waals surface area contributed by atoms with Gasteiger partial charge in [0, 0.05) is 38.4 Å². The first kappa shape index (κ1) is 26.5. The molecule has 2 aromatic carbocycles. The fourth-order valence-electron chi connectivity index (χ4n) is 5.75. The number of hydrogen-bond acceptors (Lipinski definition) is 8. The average molecular weight is 545 g/mol. The van der Waals surface area contributed by atoms with E-state index in [0.29, 0.717) is 50.6 Å². The summed E-state index contributed by atoms with van der Waals surface area (Å²) in [6.45, 7) is 8.17. The molecule has 3 fully saturated rings. The Morgan fingerprint density at radius 1 is 0.850 bits per heavy atom. The summed E-state index contributed by atoms with van der Waals surface area (Å²) in [7, 11) is 0. The molecule has 10 heteroatoms. The van der Waals surface area contributed by atoms with Gasteiger partial charge in [0.25, 0.3) is 0 Å². The number of nitrogens with zero attached hydrogens (tertiary/aromatic N) is 5. The van der Waals surface area contributed by atoms with Crippen LogP contribution >= 0.6 is 0 Å². The predicted octanol–water partition coefficient (Wildman–Crippen LogP) is 3.04. The Labute approximate surface area is 234 Å². The van der Waals surface area contributed by atoms with Crippen LogP contribution in [0.2, 0.25) is 0 Å². The molecule has 3 saturated heterocycles. The summed E-state index contributed by atoms with van der Waals surface area (Å²) in [6.07, 6.45) is 1.46. The molecule has 0 aliphatic carbocycles. The number of carbonyl (C=O) groups excluding carboxylic acids is 2. The average Bonchev–Trinajstić information content (AvgIpc) is 3.51. The lowest BCUT2D eigenvalue weighted by Gasteiger charge is -2.34. The first-order valence-corrected chi connectivity index (χ1v) is 14.2. The Bertz CT molecular complexity index is 1360. The van der Waals surface area contributed by atoms with Crippen LogP contribution in [-0.2, 0) is 19.1 Å². The van der Waals surface area contributed by atoms with Crippen LogP contribution in [0, 0.1) is 0 Å². The van der Waals surface area contributed by atoms with E-state index < -0.39 is 6.04 Å². The lowest BCUT2D eigenvalue weighted by atomic mass is 9.99. The fraction of sp³-hybridized carbons (Fsp3) is 0.467. The number of fused-ring (bicyclic) bond motifs is 1. The maximum atomic E-state index is 13.4. The summed E-state index contributed by atoms with van der Waals surface area (Å²) in [5.74, 6) is 1.21. The van der Waals surface area contributed by atoms with Gasteiger partial charge in [0.05, 0.1) is 43.4 Å². The van der Waals surface area contributed by atoms with Gasteiger partial charge in [-0.15, -0.1) is 0 Å². The second kappa shape index (κ2) is 11.8. The zero-order chi connectivity index (χ0) is 27.5. The van der Waals surface area contributed by atoms with E-state index in [1.807, 2.05) is 55.5 Å². The van der Waals surface area contributed by atoms with E-state index in [0.717, 1.165) is 55.3 Å². The van der Waals surface area contributed by atoms with Crippen LogP contribution in [0.1, 0.15) is 31.2 Å². The van der Waals surface area contributed by atoms with Crippen molar-refractivity contribution in [3.63, 3.8) is 0 Å². The van der Waals surface area contributed by atoms with Crippen molar-refractivity contribution in [1.82, 2.24) is 14.9 Å². The third-order valence-corrected chi connectivity index (χ3v) is 8.03. The highest BCUT2D eigenvalue weighted by Gasteiger charge is 2.36. The van der Waals surface area contributed by atoms with E-state index in [4.69, 9.17) is 19.4 Å². The van der Waals surface area contributed by atoms with Gasteiger partial charge in [-0.3, -0.25) is 9.59 Å². The molecule has 3 aromatic rings. The van der Waals surface area contributed by atoms with E-state index in [2.05, 4.69) is 15.1 Å². The highest BCUT2D eigenvalue weighted by atomic mass is 16.5. The van der Waals surface area contributed by atoms with Crippen molar-refractivity contribution in [1.29, 1.82) is 0 Å². The molecular weight excluding hydrogens is 508 g/mol. The standard InChI is InChI=1S/C30H36N6O4/c1-21(22-6-3-2-4-7-22)30(38)36-11-5-8-26(36)29(37)31-23-9-10-24-25(20-23)33-28(35-14-18-40-19-15-35)27(32-24)34-12-16-39-17-13-34/h2-4,6-7,9-10,20-21,26H,5,8,11-19H2,1H3,(H,31,37)/t21-,26-/m0/s1. The fourth-order valence-corrected chi connectivity index (χ4v) is 5.75. The number of aromatic nitrogens is 2. The van der Waals surface area contributed by atoms with Crippen molar-refractivity contribution >= 4 is 40.2 Å². The van der Waals surface area contributed by atoms with Gasteiger partial charge in [0.15, 0.2) is 11.6 Å². The summed E-state index contributed by atoms with van der Waals surface area (Å²) in [4.78, 5) is 43.0. The molecule has 2 atom stereocenters. The number of anilines is 3. The van der Waals surface area contributed by atoms with E-state index in [1.54, 1.807) is 4.90 Å². The maximum Gasteiger partial charge on any atom is 0.247 e. The molecular formula is C30H36N6O4. The van der Waals surface area contributed by atoms with Crippen LogP contribution in [0.25, 0.3) is 11.0 Å². The van der Waals surface area contributed by atoms with Gasteiger partial charge in [-0.25, -0.2) is 9.97 Å². The number of ether oxygens (including phenoxy) is 2. The second-order valence-corrected chi connectivity index (χ2v) is 10.6. The summed E-state index contributed by atoms with van der Waals surface area (Å²) >= 11 is 0. The Kier molecular flexibility index (Phi) is 7.79. The van der Waals surface area contributed by atoms with E-state index in [1.165, 1.54) is 0 Å². The third-order valence-electron chi connectivity index (χ3n) is 8.03. The van der Waals surface area contributed by atoms with Gasteiger partial charge < -0.3 is 29.5 Å². The molecule has 0 unspecified atom stereocenters. The minimum atomic E-state index is -0.493. The number of amides is 2. The van der Waals surface area contributed by atoms with Crippen LogP contribution in [0.15, 0.2) is 48.5 Å². The van der Waals surface area contributed by atoms with Crippen molar-refractivity contribution < 1.29 is 19.1 Å². The molecule has 210 valence electrons. The summed E-state index contributed by atoms with van der Waals surface area (Å²) in [5.41, 5.74) is 3.09. The van der Waals surface area contributed by atoms with Gasteiger partial charge >= 0.3 is 0 Å². The van der Waals surface area contributed by atoms with Crippen LogP contribution in [0.4, 0.5) is 17.3 Å². The molecule has 10 nitrogen and oxygen atoms in total. The van der Waals surface area contributed by atoms with Gasteiger partial charge in [-0.05, 0) is 43.5 Å². The number of hydrogen-bond donors (Lipinski definition) is 1. The molecule has 4 heterocycles.